The number of fused-ring (bicyclic) bond motifs is 1. The number of amides is 1. The van der Waals surface area contributed by atoms with Gasteiger partial charge in [0.25, 0.3) is 5.91 Å². The van der Waals surface area contributed by atoms with E-state index in [0.29, 0.717) is 11.3 Å². The molecule has 2 heterocycles. The quantitative estimate of drug-likeness (QED) is 0.435. The van der Waals surface area contributed by atoms with Gasteiger partial charge >= 0.3 is 0 Å². The SMILES string of the molecule is CCn1cc(-c2cc(C(=O)NN)c3ccccc3n2)cn1. The molecule has 0 radical (unpaired) electrons. The van der Waals surface area contributed by atoms with Crippen LogP contribution in [-0.4, -0.2) is 20.7 Å². The predicted molar refractivity (Wildman–Crippen MR) is 80.3 cm³/mol. The Hall–Kier alpha value is -2.73. The molecule has 1 aromatic carbocycles. The number of nitrogen functional groups attached to an aromatic ring is 1. The van der Waals surface area contributed by atoms with Gasteiger partial charge in [-0.15, -0.1) is 0 Å². The molecular formula is C15H15N5O. The van der Waals surface area contributed by atoms with Crippen LogP contribution in [0.4, 0.5) is 0 Å². The summed E-state index contributed by atoms with van der Waals surface area (Å²) in [6.45, 7) is 2.79. The van der Waals surface area contributed by atoms with E-state index in [9.17, 15) is 4.79 Å². The van der Waals surface area contributed by atoms with Gasteiger partial charge in [-0.1, -0.05) is 18.2 Å². The third kappa shape index (κ3) is 2.36. The van der Waals surface area contributed by atoms with Crippen LogP contribution in [0.5, 0.6) is 0 Å². The summed E-state index contributed by atoms with van der Waals surface area (Å²) in [5.41, 5.74) is 5.00. The molecule has 2 aromatic heterocycles. The van der Waals surface area contributed by atoms with E-state index in [-0.39, 0.29) is 5.91 Å². The number of nitrogens with zero attached hydrogens (tertiary/aromatic N) is 3. The molecule has 0 atom stereocenters. The lowest BCUT2D eigenvalue weighted by atomic mass is 10.1. The zero-order valence-electron chi connectivity index (χ0n) is 11.6. The van der Waals surface area contributed by atoms with Gasteiger partial charge in [0.2, 0.25) is 0 Å². The molecule has 1 amide bonds. The summed E-state index contributed by atoms with van der Waals surface area (Å²) in [5.74, 6) is 4.94. The Balaban J connectivity index is 2.22. The van der Waals surface area contributed by atoms with Gasteiger partial charge in [-0.05, 0) is 19.1 Å². The van der Waals surface area contributed by atoms with Gasteiger partial charge < -0.3 is 0 Å². The zero-order chi connectivity index (χ0) is 14.8. The molecule has 0 saturated carbocycles. The standard InChI is InChI=1S/C15H15N5O/c1-2-20-9-10(8-17-20)14-7-12(15(21)19-16)11-5-3-4-6-13(11)18-14/h3-9H,2,16H2,1H3,(H,19,21). The van der Waals surface area contributed by atoms with Crippen molar-refractivity contribution in [2.75, 3.05) is 0 Å². The lowest BCUT2D eigenvalue weighted by Crippen LogP contribution is -2.30. The van der Waals surface area contributed by atoms with Crippen molar-refractivity contribution >= 4 is 16.8 Å². The topological polar surface area (TPSA) is 85.8 Å². The van der Waals surface area contributed by atoms with Crippen LogP contribution in [0.15, 0.2) is 42.7 Å². The first-order valence-electron chi connectivity index (χ1n) is 6.66. The summed E-state index contributed by atoms with van der Waals surface area (Å²) in [7, 11) is 0. The second-order valence-corrected chi connectivity index (χ2v) is 4.63. The molecule has 21 heavy (non-hydrogen) atoms. The first-order valence-corrected chi connectivity index (χ1v) is 6.66. The summed E-state index contributed by atoms with van der Waals surface area (Å²) < 4.78 is 1.81. The smallest absolute Gasteiger partial charge is 0.265 e. The number of hydrazine groups is 1. The second-order valence-electron chi connectivity index (χ2n) is 4.63. The van der Waals surface area contributed by atoms with Gasteiger partial charge in [0, 0.05) is 23.7 Å². The van der Waals surface area contributed by atoms with Crippen LogP contribution in [-0.2, 0) is 6.54 Å². The second kappa shape index (κ2) is 5.34. The number of para-hydroxylation sites is 1. The van der Waals surface area contributed by atoms with E-state index in [2.05, 4.69) is 15.5 Å². The van der Waals surface area contributed by atoms with E-state index in [0.717, 1.165) is 23.0 Å². The third-order valence-electron chi connectivity index (χ3n) is 3.34. The Labute approximate surface area is 121 Å². The first kappa shape index (κ1) is 13.3. The fourth-order valence-corrected chi connectivity index (χ4v) is 2.26. The van der Waals surface area contributed by atoms with E-state index >= 15 is 0 Å². The number of carbonyl (C=O) groups is 1. The van der Waals surface area contributed by atoms with Crippen LogP contribution in [0.2, 0.25) is 0 Å². The number of carbonyl (C=O) groups excluding carboxylic acids is 1. The van der Waals surface area contributed by atoms with Crippen molar-refractivity contribution in [1.82, 2.24) is 20.2 Å². The molecule has 3 N–H and O–H groups in total. The largest absolute Gasteiger partial charge is 0.290 e. The number of benzene rings is 1. The van der Waals surface area contributed by atoms with Gasteiger partial charge in [-0.2, -0.15) is 5.10 Å². The number of pyridine rings is 1. The van der Waals surface area contributed by atoms with Crippen molar-refractivity contribution in [1.29, 1.82) is 0 Å². The Kier molecular flexibility index (Phi) is 3.37. The predicted octanol–water partition coefficient (Wildman–Crippen LogP) is 1.72. The number of aryl methyl sites for hydroxylation is 1. The van der Waals surface area contributed by atoms with E-state index < -0.39 is 0 Å². The van der Waals surface area contributed by atoms with Crippen LogP contribution >= 0.6 is 0 Å². The maximum Gasteiger partial charge on any atom is 0.265 e. The van der Waals surface area contributed by atoms with Crippen molar-refractivity contribution < 1.29 is 4.79 Å². The minimum atomic E-state index is -0.335. The Morgan fingerprint density at radius 1 is 1.38 bits per heavy atom. The summed E-state index contributed by atoms with van der Waals surface area (Å²) in [4.78, 5) is 16.6. The van der Waals surface area contributed by atoms with Crippen LogP contribution in [0.3, 0.4) is 0 Å². The fourth-order valence-electron chi connectivity index (χ4n) is 2.26. The molecule has 0 unspecified atom stereocenters. The van der Waals surface area contributed by atoms with Gasteiger partial charge in [-0.3, -0.25) is 14.9 Å². The molecule has 0 aliphatic heterocycles. The molecule has 0 saturated heterocycles. The average Bonchev–Trinajstić information content (AvgIpc) is 3.02. The molecule has 0 bridgehead atoms. The maximum atomic E-state index is 12.0. The lowest BCUT2D eigenvalue weighted by molar-refractivity contribution is 0.0955. The van der Waals surface area contributed by atoms with Crippen molar-refractivity contribution in [2.24, 2.45) is 5.84 Å². The van der Waals surface area contributed by atoms with Crippen molar-refractivity contribution in [3.05, 3.63) is 48.3 Å². The molecule has 0 aliphatic rings. The minimum absolute atomic E-state index is 0.335. The molecule has 0 aliphatic carbocycles. The van der Waals surface area contributed by atoms with Crippen LogP contribution in [0.25, 0.3) is 22.2 Å². The van der Waals surface area contributed by atoms with Gasteiger partial charge in [0.15, 0.2) is 0 Å². The van der Waals surface area contributed by atoms with Gasteiger partial charge in [-0.25, -0.2) is 10.8 Å². The van der Waals surface area contributed by atoms with E-state index in [1.807, 2.05) is 42.1 Å². The number of nitrogens with two attached hydrogens (primary N) is 1. The number of nitrogens with one attached hydrogen (secondary N) is 1. The van der Waals surface area contributed by atoms with Gasteiger partial charge in [0.1, 0.15) is 0 Å². The van der Waals surface area contributed by atoms with E-state index in [1.54, 1.807) is 12.3 Å². The Bertz CT molecular complexity index is 809. The highest BCUT2D eigenvalue weighted by Gasteiger charge is 2.13. The Morgan fingerprint density at radius 3 is 2.90 bits per heavy atom. The lowest BCUT2D eigenvalue weighted by Gasteiger charge is -2.07. The molecule has 3 rings (SSSR count). The Morgan fingerprint density at radius 2 is 2.19 bits per heavy atom. The molecular weight excluding hydrogens is 266 g/mol. The zero-order valence-corrected chi connectivity index (χ0v) is 11.6. The third-order valence-corrected chi connectivity index (χ3v) is 3.34. The monoisotopic (exact) mass is 281 g/mol. The molecule has 0 spiro atoms. The number of hydrogen-bond donors (Lipinski definition) is 2. The molecule has 106 valence electrons. The van der Waals surface area contributed by atoms with E-state index in [1.165, 1.54) is 0 Å². The highest BCUT2D eigenvalue weighted by molar-refractivity contribution is 6.06. The highest BCUT2D eigenvalue weighted by Crippen LogP contribution is 2.24. The number of rotatable bonds is 3. The highest BCUT2D eigenvalue weighted by atomic mass is 16.2. The molecule has 6 nitrogen and oxygen atoms in total. The van der Waals surface area contributed by atoms with Crippen LogP contribution < -0.4 is 11.3 Å². The minimum Gasteiger partial charge on any atom is -0.290 e. The maximum absolute atomic E-state index is 12.0. The van der Waals surface area contributed by atoms with Crippen molar-refractivity contribution in [3.63, 3.8) is 0 Å². The molecule has 6 heteroatoms. The number of aromatic nitrogens is 3. The molecule has 3 aromatic rings. The van der Waals surface area contributed by atoms with Crippen LogP contribution in [0.1, 0.15) is 17.3 Å². The van der Waals surface area contributed by atoms with E-state index in [4.69, 9.17) is 5.84 Å². The fraction of sp³-hybridized carbons (Fsp3) is 0.133. The number of hydrogen-bond acceptors (Lipinski definition) is 4. The van der Waals surface area contributed by atoms with Crippen molar-refractivity contribution in [2.45, 2.75) is 13.5 Å². The van der Waals surface area contributed by atoms with Crippen LogP contribution in [0, 0.1) is 0 Å². The summed E-state index contributed by atoms with van der Waals surface area (Å²) >= 11 is 0. The summed E-state index contributed by atoms with van der Waals surface area (Å²) in [6, 6.07) is 9.22. The van der Waals surface area contributed by atoms with Crippen molar-refractivity contribution in [3.8, 4) is 11.3 Å². The summed E-state index contributed by atoms with van der Waals surface area (Å²) in [6.07, 6.45) is 3.64. The first-order chi connectivity index (χ1) is 10.2. The normalized spacial score (nSPS) is 10.8. The van der Waals surface area contributed by atoms with Gasteiger partial charge in [0.05, 0.1) is 23.0 Å². The average molecular weight is 281 g/mol. The summed E-state index contributed by atoms with van der Waals surface area (Å²) in [5, 5.41) is 5.01. The molecule has 0 fully saturated rings.